The van der Waals surface area contributed by atoms with Gasteiger partial charge in [0.15, 0.2) is 0 Å². The van der Waals surface area contributed by atoms with E-state index < -0.39 is 0 Å². The zero-order chi connectivity index (χ0) is 11.5. The van der Waals surface area contributed by atoms with Gasteiger partial charge in [-0.1, -0.05) is 6.08 Å². The molecule has 0 amide bonds. The first kappa shape index (κ1) is 11.2. The minimum absolute atomic E-state index is 0.0297. The van der Waals surface area contributed by atoms with Crippen molar-refractivity contribution < 1.29 is 19.1 Å². The van der Waals surface area contributed by atoms with E-state index in [4.69, 9.17) is 9.47 Å². The fourth-order valence-electron chi connectivity index (χ4n) is 2.34. The third kappa shape index (κ3) is 2.62. The normalized spacial score (nSPS) is 35.6. The lowest BCUT2D eigenvalue weighted by molar-refractivity contribution is -0.144. The maximum absolute atomic E-state index is 11.2. The molecule has 88 valence electrons. The van der Waals surface area contributed by atoms with Gasteiger partial charge in [0.05, 0.1) is 6.42 Å². The van der Waals surface area contributed by atoms with Gasteiger partial charge in [-0.15, -0.1) is 0 Å². The second kappa shape index (κ2) is 4.68. The Hall–Kier alpha value is -1.32. The molecule has 1 aliphatic heterocycles. The SMILES string of the molecule is CC(=O)O[C@@H]1/C=C\CC2OC(=O)C[C@@H]2CC1. The molecule has 0 bridgehead atoms. The van der Waals surface area contributed by atoms with Crippen LogP contribution in [0.1, 0.15) is 32.6 Å². The molecule has 1 aliphatic carbocycles. The number of hydrogen-bond acceptors (Lipinski definition) is 4. The average Bonchev–Trinajstić information content (AvgIpc) is 2.51. The second-order valence-corrected chi connectivity index (χ2v) is 4.38. The number of fused-ring (bicyclic) bond motifs is 1. The highest BCUT2D eigenvalue weighted by molar-refractivity contribution is 5.72. The molecule has 16 heavy (non-hydrogen) atoms. The van der Waals surface area contributed by atoms with Crippen molar-refractivity contribution in [2.24, 2.45) is 5.92 Å². The van der Waals surface area contributed by atoms with Gasteiger partial charge in [0.25, 0.3) is 0 Å². The third-order valence-corrected chi connectivity index (χ3v) is 3.10. The Kier molecular flexibility index (Phi) is 3.27. The van der Waals surface area contributed by atoms with Gasteiger partial charge >= 0.3 is 11.9 Å². The summed E-state index contributed by atoms with van der Waals surface area (Å²) in [6, 6.07) is 0. The average molecular weight is 224 g/mol. The molecule has 1 fully saturated rings. The standard InChI is InChI=1S/C12H16O4/c1-8(13)15-10-3-2-4-11-9(5-6-10)7-12(14)16-11/h2-3,9-11H,4-7H2,1H3/b3-2-/t9-,10+,11?/m0/s1. The van der Waals surface area contributed by atoms with Gasteiger partial charge in [0.2, 0.25) is 0 Å². The van der Waals surface area contributed by atoms with Crippen LogP contribution in [-0.2, 0) is 19.1 Å². The summed E-state index contributed by atoms with van der Waals surface area (Å²) in [7, 11) is 0. The van der Waals surface area contributed by atoms with E-state index in [1.54, 1.807) is 0 Å². The second-order valence-electron chi connectivity index (χ2n) is 4.38. The molecule has 0 spiro atoms. The van der Waals surface area contributed by atoms with E-state index in [1.165, 1.54) is 6.92 Å². The smallest absolute Gasteiger partial charge is 0.306 e. The van der Waals surface area contributed by atoms with Crippen molar-refractivity contribution in [2.45, 2.75) is 44.8 Å². The van der Waals surface area contributed by atoms with Gasteiger partial charge in [-0.3, -0.25) is 9.59 Å². The van der Waals surface area contributed by atoms with E-state index in [-0.39, 0.29) is 30.1 Å². The zero-order valence-electron chi connectivity index (χ0n) is 9.35. The van der Waals surface area contributed by atoms with Gasteiger partial charge in [-0.2, -0.15) is 0 Å². The maximum Gasteiger partial charge on any atom is 0.306 e. The maximum atomic E-state index is 11.2. The molecular weight excluding hydrogens is 208 g/mol. The summed E-state index contributed by atoms with van der Waals surface area (Å²) in [5, 5.41) is 0. The van der Waals surface area contributed by atoms with Crippen molar-refractivity contribution in [1.82, 2.24) is 0 Å². The molecule has 0 aromatic heterocycles. The molecule has 0 radical (unpaired) electrons. The fraction of sp³-hybridized carbons (Fsp3) is 0.667. The lowest BCUT2D eigenvalue weighted by Gasteiger charge is -2.21. The molecule has 1 saturated heterocycles. The molecule has 2 rings (SSSR count). The molecule has 4 nitrogen and oxygen atoms in total. The Bertz CT molecular complexity index is 321. The molecule has 1 heterocycles. The number of carbonyl (C=O) groups excluding carboxylic acids is 2. The third-order valence-electron chi connectivity index (χ3n) is 3.10. The lowest BCUT2D eigenvalue weighted by Crippen LogP contribution is -2.22. The summed E-state index contributed by atoms with van der Waals surface area (Å²) in [4.78, 5) is 22.0. The number of carbonyl (C=O) groups is 2. The van der Waals surface area contributed by atoms with E-state index in [9.17, 15) is 9.59 Å². The van der Waals surface area contributed by atoms with Gasteiger partial charge in [-0.05, 0) is 18.9 Å². The van der Waals surface area contributed by atoms with E-state index in [1.807, 2.05) is 12.2 Å². The number of esters is 2. The highest BCUT2D eigenvalue weighted by Gasteiger charge is 2.34. The van der Waals surface area contributed by atoms with Crippen molar-refractivity contribution in [3.63, 3.8) is 0 Å². The summed E-state index contributed by atoms with van der Waals surface area (Å²) in [6.07, 6.45) is 6.61. The van der Waals surface area contributed by atoms with Crippen molar-refractivity contribution in [2.75, 3.05) is 0 Å². The van der Waals surface area contributed by atoms with E-state index in [0.29, 0.717) is 6.42 Å². The summed E-state index contributed by atoms with van der Waals surface area (Å²) < 4.78 is 10.4. The van der Waals surface area contributed by atoms with Gasteiger partial charge < -0.3 is 9.47 Å². The van der Waals surface area contributed by atoms with Crippen molar-refractivity contribution >= 4 is 11.9 Å². The van der Waals surface area contributed by atoms with Crippen LogP contribution in [0.2, 0.25) is 0 Å². The van der Waals surface area contributed by atoms with Crippen LogP contribution in [0.15, 0.2) is 12.2 Å². The van der Waals surface area contributed by atoms with E-state index >= 15 is 0 Å². The molecule has 1 unspecified atom stereocenters. The summed E-state index contributed by atoms with van der Waals surface area (Å²) in [5.74, 6) is -0.0737. The fourth-order valence-corrected chi connectivity index (χ4v) is 2.34. The minimum atomic E-state index is -0.259. The molecule has 0 aromatic carbocycles. The van der Waals surface area contributed by atoms with Crippen LogP contribution >= 0.6 is 0 Å². The van der Waals surface area contributed by atoms with Gasteiger partial charge in [0, 0.05) is 19.3 Å². The van der Waals surface area contributed by atoms with Gasteiger partial charge in [0.1, 0.15) is 12.2 Å². The summed E-state index contributed by atoms with van der Waals surface area (Å²) in [5.41, 5.74) is 0. The molecule has 0 N–H and O–H groups in total. The zero-order valence-corrected chi connectivity index (χ0v) is 9.35. The largest absolute Gasteiger partial charge is 0.462 e. The highest BCUT2D eigenvalue weighted by Crippen LogP contribution is 2.31. The highest BCUT2D eigenvalue weighted by atomic mass is 16.6. The van der Waals surface area contributed by atoms with Crippen LogP contribution in [0.3, 0.4) is 0 Å². The molecule has 3 atom stereocenters. The van der Waals surface area contributed by atoms with Crippen LogP contribution in [0.5, 0.6) is 0 Å². The van der Waals surface area contributed by atoms with Crippen LogP contribution in [0, 0.1) is 5.92 Å². The summed E-state index contributed by atoms with van der Waals surface area (Å²) >= 11 is 0. The minimum Gasteiger partial charge on any atom is -0.462 e. The Morgan fingerprint density at radius 3 is 3.06 bits per heavy atom. The molecule has 2 aliphatic rings. The van der Waals surface area contributed by atoms with Crippen molar-refractivity contribution in [3.8, 4) is 0 Å². The topological polar surface area (TPSA) is 52.6 Å². The molecular formula is C12H16O4. The van der Waals surface area contributed by atoms with Crippen molar-refractivity contribution in [3.05, 3.63) is 12.2 Å². The van der Waals surface area contributed by atoms with Crippen LogP contribution in [-0.4, -0.2) is 24.1 Å². The summed E-state index contributed by atoms with van der Waals surface area (Å²) in [6.45, 7) is 1.41. The first-order chi connectivity index (χ1) is 7.65. The predicted molar refractivity (Wildman–Crippen MR) is 56.5 cm³/mol. The monoisotopic (exact) mass is 224 g/mol. The van der Waals surface area contributed by atoms with E-state index in [0.717, 1.165) is 19.3 Å². The van der Waals surface area contributed by atoms with Gasteiger partial charge in [-0.25, -0.2) is 0 Å². The molecule has 0 aromatic rings. The Morgan fingerprint density at radius 1 is 1.50 bits per heavy atom. The first-order valence-electron chi connectivity index (χ1n) is 5.68. The molecule has 0 saturated carbocycles. The van der Waals surface area contributed by atoms with Crippen LogP contribution < -0.4 is 0 Å². The van der Waals surface area contributed by atoms with Crippen molar-refractivity contribution in [1.29, 1.82) is 0 Å². The number of rotatable bonds is 1. The first-order valence-corrected chi connectivity index (χ1v) is 5.68. The Morgan fingerprint density at radius 2 is 2.31 bits per heavy atom. The number of hydrogen-bond donors (Lipinski definition) is 0. The predicted octanol–water partition coefficient (Wildman–Crippen LogP) is 1.59. The quantitative estimate of drug-likeness (QED) is 0.501. The van der Waals surface area contributed by atoms with Crippen LogP contribution in [0.25, 0.3) is 0 Å². The number of ether oxygens (including phenoxy) is 2. The Labute approximate surface area is 94.6 Å². The van der Waals surface area contributed by atoms with E-state index in [2.05, 4.69) is 0 Å². The van der Waals surface area contributed by atoms with Crippen LogP contribution in [0.4, 0.5) is 0 Å². The lowest BCUT2D eigenvalue weighted by atomic mass is 9.90. The molecule has 4 heteroatoms. The Balaban J connectivity index is 1.97.